The van der Waals surface area contributed by atoms with Crippen LogP contribution in [0.5, 0.6) is 5.75 Å². The molecule has 18 heavy (non-hydrogen) atoms. The van der Waals surface area contributed by atoms with Crippen molar-refractivity contribution in [1.29, 1.82) is 0 Å². The summed E-state index contributed by atoms with van der Waals surface area (Å²) >= 11 is 0. The zero-order valence-electron chi connectivity index (χ0n) is 11.6. The minimum atomic E-state index is 0.0591. The first-order valence-electron chi connectivity index (χ1n) is 6.66. The molecule has 1 rings (SSSR count). The molecule has 0 aliphatic rings. The summed E-state index contributed by atoms with van der Waals surface area (Å²) in [5, 5.41) is 3.32. The maximum Gasteiger partial charge on any atom is 0.123 e. The Bertz CT molecular complexity index is 331. The number of aromatic nitrogens is 1. The highest BCUT2D eigenvalue weighted by atomic mass is 16.5. The molecule has 0 spiro atoms. The van der Waals surface area contributed by atoms with E-state index in [1.165, 1.54) is 0 Å². The standard InChI is InChI=1S/C14H24N2O2/c1-4-7-15-10-13-9-14(6-8-16-13)18-12(3)11-17-5-2/h6,8-9,12,15H,4-5,7,10-11H2,1-3H3. The number of hydrogen-bond acceptors (Lipinski definition) is 4. The number of nitrogens with zero attached hydrogens (tertiary/aromatic N) is 1. The van der Waals surface area contributed by atoms with Gasteiger partial charge in [0, 0.05) is 25.4 Å². The number of pyridine rings is 1. The monoisotopic (exact) mass is 252 g/mol. The SMILES string of the molecule is CCCNCc1cc(OC(C)COCC)ccn1. The van der Waals surface area contributed by atoms with Crippen LogP contribution >= 0.6 is 0 Å². The zero-order valence-corrected chi connectivity index (χ0v) is 11.6. The molecular weight excluding hydrogens is 228 g/mol. The van der Waals surface area contributed by atoms with Gasteiger partial charge in [-0.15, -0.1) is 0 Å². The third-order valence-corrected chi connectivity index (χ3v) is 2.41. The number of rotatable bonds is 9. The van der Waals surface area contributed by atoms with Crippen LogP contribution in [0, 0.1) is 0 Å². The van der Waals surface area contributed by atoms with Gasteiger partial charge in [-0.2, -0.15) is 0 Å². The van der Waals surface area contributed by atoms with Gasteiger partial charge in [-0.3, -0.25) is 4.98 Å². The van der Waals surface area contributed by atoms with Gasteiger partial charge in [0.15, 0.2) is 0 Å². The van der Waals surface area contributed by atoms with Gasteiger partial charge < -0.3 is 14.8 Å². The number of hydrogen-bond donors (Lipinski definition) is 1. The van der Waals surface area contributed by atoms with Gasteiger partial charge >= 0.3 is 0 Å². The van der Waals surface area contributed by atoms with E-state index in [1.807, 2.05) is 26.0 Å². The summed E-state index contributed by atoms with van der Waals surface area (Å²) in [4.78, 5) is 4.31. The molecule has 0 aliphatic heterocycles. The number of ether oxygens (including phenoxy) is 2. The van der Waals surface area contributed by atoms with Crippen LogP contribution in [0.15, 0.2) is 18.3 Å². The van der Waals surface area contributed by atoms with Crippen LogP contribution in [0.25, 0.3) is 0 Å². The van der Waals surface area contributed by atoms with Crippen LogP contribution in [0.3, 0.4) is 0 Å². The summed E-state index contributed by atoms with van der Waals surface area (Å²) in [5.41, 5.74) is 1.00. The summed E-state index contributed by atoms with van der Waals surface area (Å²) in [6.07, 6.45) is 2.97. The largest absolute Gasteiger partial charge is 0.488 e. The molecule has 1 aromatic heterocycles. The molecule has 0 radical (unpaired) electrons. The fourth-order valence-corrected chi connectivity index (χ4v) is 1.57. The molecule has 0 amide bonds. The van der Waals surface area contributed by atoms with Crippen molar-refractivity contribution in [2.24, 2.45) is 0 Å². The zero-order chi connectivity index (χ0) is 13.2. The lowest BCUT2D eigenvalue weighted by molar-refractivity contribution is 0.0656. The quantitative estimate of drug-likeness (QED) is 0.685. The van der Waals surface area contributed by atoms with Crippen molar-refractivity contribution < 1.29 is 9.47 Å². The van der Waals surface area contributed by atoms with E-state index in [4.69, 9.17) is 9.47 Å². The van der Waals surface area contributed by atoms with Crippen LogP contribution < -0.4 is 10.1 Å². The summed E-state index contributed by atoms with van der Waals surface area (Å²) < 4.78 is 11.1. The highest BCUT2D eigenvalue weighted by Gasteiger charge is 2.04. The van der Waals surface area contributed by atoms with Crippen LogP contribution in [0.4, 0.5) is 0 Å². The van der Waals surface area contributed by atoms with Gasteiger partial charge in [0.1, 0.15) is 11.9 Å². The van der Waals surface area contributed by atoms with Crippen molar-refractivity contribution in [2.75, 3.05) is 19.8 Å². The average Bonchev–Trinajstić information content (AvgIpc) is 2.37. The molecule has 102 valence electrons. The molecule has 1 unspecified atom stereocenters. The Balaban J connectivity index is 2.43. The summed E-state index contributed by atoms with van der Waals surface area (Å²) in [7, 11) is 0. The van der Waals surface area contributed by atoms with Gasteiger partial charge in [0.2, 0.25) is 0 Å². The Morgan fingerprint density at radius 2 is 2.22 bits per heavy atom. The molecule has 0 fully saturated rings. The molecule has 1 aromatic rings. The van der Waals surface area contributed by atoms with E-state index < -0.39 is 0 Å². The van der Waals surface area contributed by atoms with Crippen molar-refractivity contribution >= 4 is 0 Å². The van der Waals surface area contributed by atoms with Crippen molar-refractivity contribution in [3.05, 3.63) is 24.0 Å². The summed E-state index contributed by atoms with van der Waals surface area (Å²) in [6, 6.07) is 3.86. The molecule has 4 nitrogen and oxygen atoms in total. The van der Waals surface area contributed by atoms with Gasteiger partial charge in [-0.1, -0.05) is 6.92 Å². The lowest BCUT2D eigenvalue weighted by atomic mass is 10.3. The number of nitrogens with one attached hydrogen (secondary N) is 1. The predicted octanol–water partition coefficient (Wildman–Crippen LogP) is 2.39. The van der Waals surface area contributed by atoms with Crippen LogP contribution in [0.1, 0.15) is 32.9 Å². The van der Waals surface area contributed by atoms with Crippen molar-refractivity contribution in [3.8, 4) is 5.75 Å². The van der Waals surface area contributed by atoms with Crippen molar-refractivity contribution in [3.63, 3.8) is 0 Å². The van der Waals surface area contributed by atoms with E-state index in [0.29, 0.717) is 6.61 Å². The molecule has 1 atom stereocenters. The molecule has 4 heteroatoms. The van der Waals surface area contributed by atoms with Crippen molar-refractivity contribution in [1.82, 2.24) is 10.3 Å². The summed E-state index contributed by atoms with van der Waals surface area (Å²) in [5.74, 6) is 0.852. The smallest absolute Gasteiger partial charge is 0.123 e. The van der Waals surface area contributed by atoms with E-state index in [2.05, 4.69) is 17.2 Å². The lowest BCUT2D eigenvalue weighted by Crippen LogP contribution is -2.19. The first kappa shape index (κ1) is 14.9. The Kier molecular flexibility index (Phi) is 7.37. The fraction of sp³-hybridized carbons (Fsp3) is 0.643. The minimum Gasteiger partial charge on any atom is -0.488 e. The molecule has 0 aliphatic carbocycles. The van der Waals surface area contributed by atoms with E-state index in [9.17, 15) is 0 Å². The topological polar surface area (TPSA) is 43.4 Å². The van der Waals surface area contributed by atoms with E-state index in [1.54, 1.807) is 6.20 Å². The van der Waals surface area contributed by atoms with E-state index in [0.717, 1.165) is 37.6 Å². The van der Waals surface area contributed by atoms with Gasteiger partial charge in [0.25, 0.3) is 0 Å². The van der Waals surface area contributed by atoms with Gasteiger partial charge in [-0.25, -0.2) is 0 Å². The van der Waals surface area contributed by atoms with Crippen molar-refractivity contribution in [2.45, 2.75) is 39.8 Å². The third-order valence-electron chi connectivity index (χ3n) is 2.41. The maximum atomic E-state index is 5.77. The highest BCUT2D eigenvalue weighted by Crippen LogP contribution is 2.13. The second-order valence-electron chi connectivity index (χ2n) is 4.25. The van der Waals surface area contributed by atoms with Gasteiger partial charge in [0.05, 0.1) is 12.3 Å². The van der Waals surface area contributed by atoms with E-state index in [-0.39, 0.29) is 6.10 Å². The first-order chi connectivity index (χ1) is 8.76. The highest BCUT2D eigenvalue weighted by molar-refractivity contribution is 5.22. The molecule has 0 bridgehead atoms. The Hall–Kier alpha value is -1.13. The summed E-state index contributed by atoms with van der Waals surface area (Å²) in [6.45, 7) is 9.26. The second-order valence-corrected chi connectivity index (χ2v) is 4.25. The Morgan fingerprint density at radius 3 is 2.94 bits per heavy atom. The molecule has 0 saturated heterocycles. The Morgan fingerprint density at radius 1 is 1.39 bits per heavy atom. The Labute approximate surface area is 110 Å². The van der Waals surface area contributed by atoms with Crippen LogP contribution in [-0.4, -0.2) is 30.8 Å². The molecule has 1 N–H and O–H groups in total. The third kappa shape index (κ3) is 5.98. The average molecular weight is 252 g/mol. The predicted molar refractivity (Wildman–Crippen MR) is 72.8 cm³/mol. The molecule has 0 saturated carbocycles. The van der Waals surface area contributed by atoms with Gasteiger partial charge in [-0.05, 0) is 32.9 Å². The lowest BCUT2D eigenvalue weighted by Gasteiger charge is -2.15. The maximum absolute atomic E-state index is 5.77. The van der Waals surface area contributed by atoms with Crippen LogP contribution in [0.2, 0.25) is 0 Å². The first-order valence-corrected chi connectivity index (χ1v) is 6.66. The van der Waals surface area contributed by atoms with E-state index >= 15 is 0 Å². The second kappa shape index (κ2) is 8.89. The fourth-order valence-electron chi connectivity index (χ4n) is 1.57. The molecule has 1 heterocycles. The van der Waals surface area contributed by atoms with Crippen LogP contribution in [-0.2, 0) is 11.3 Å². The normalized spacial score (nSPS) is 12.4. The molecular formula is C14H24N2O2. The minimum absolute atomic E-state index is 0.0591. The molecule has 0 aromatic carbocycles.